The zero-order valence-corrected chi connectivity index (χ0v) is 16.8. The number of allylic oxidation sites excluding steroid dienone is 2. The number of amides is 1. The monoisotopic (exact) mass is 383 g/mol. The van der Waals surface area contributed by atoms with Gasteiger partial charge in [-0.1, -0.05) is 6.92 Å². The van der Waals surface area contributed by atoms with E-state index in [4.69, 9.17) is 11.5 Å². The van der Waals surface area contributed by atoms with Crippen LogP contribution in [0.15, 0.2) is 28.1 Å². The van der Waals surface area contributed by atoms with E-state index in [2.05, 4.69) is 18.0 Å². The molecule has 3 rings (SSSR count). The van der Waals surface area contributed by atoms with Crippen molar-refractivity contribution in [2.75, 3.05) is 18.5 Å². The first-order chi connectivity index (χ1) is 12.8. The molecule has 0 fully saturated rings. The zero-order chi connectivity index (χ0) is 19.8. The standard InChI is InChI=1S/C20H25N5OS/c1-4-17-15(14-7-12(10-21)5-6-16(14)22)8-13(11-27-17)20(2)9-18(26)25(3)19(23)24-20/h5-7,13H,4,8-9,11,22H2,1-3H3,(H2,23,24)/t13?,20-/m0/s1. The van der Waals surface area contributed by atoms with Crippen molar-refractivity contribution in [2.45, 2.75) is 38.6 Å². The normalized spacial score (nSPS) is 26.0. The van der Waals surface area contributed by atoms with Crippen molar-refractivity contribution >= 4 is 34.9 Å². The molecule has 0 spiro atoms. The number of nitrogens with two attached hydrogens (primary N) is 2. The number of hydrogen-bond donors (Lipinski definition) is 2. The Bertz CT molecular complexity index is 885. The van der Waals surface area contributed by atoms with Gasteiger partial charge in [-0.3, -0.25) is 9.69 Å². The molecule has 142 valence electrons. The fourth-order valence-electron chi connectivity index (χ4n) is 3.73. The maximum absolute atomic E-state index is 12.4. The molecule has 1 amide bonds. The second kappa shape index (κ2) is 7.28. The molecule has 0 saturated carbocycles. The summed E-state index contributed by atoms with van der Waals surface area (Å²) < 4.78 is 0. The van der Waals surface area contributed by atoms with Crippen LogP contribution >= 0.6 is 11.8 Å². The van der Waals surface area contributed by atoms with Crippen LogP contribution in [0.4, 0.5) is 5.69 Å². The molecule has 2 atom stereocenters. The minimum atomic E-state index is -0.535. The van der Waals surface area contributed by atoms with Gasteiger partial charge in [0.1, 0.15) is 0 Å². The van der Waals surface area contributed by atoms with E-state index in [0.717, 1.165) is 29.7 Å². The number of benzene rings is 1. The fraction of sp³-hybridized carbons (Fsp3) is 0.450. The minimum Gasteiger partial charge on any atom is -0.398 e. The van der Waals surface area contributed by atoms with Crippen LogP contribution in [0.3, 0.4) is 0 Å². The molecule has 0 bridgehead atoms. The smallest absolute Gasteiger partial charge is 0.231 e. The van der Waals surface area contributed by atoms with Crippen molar-refractivity contribution < 1.29 is 4.79 Å². The highest BCUT2D eigenvalue weighted by atomic mass is 32.2. The van der Waals surface area contributed by atoms with Crippen molar-refractivity contribution in [1.82, 2.24) is 4.90 Å². The van der Waals surface area contributed by atoms with Crippen LogP contribution in [0, 0.1) is 17.2 Å². The molecule has 2 heterocycles. The van der Waals surface area contributed by atoms with E-state index in [9.17, 15) is 10.1 Å². The average Bonchev–Trinajstić information content (AvgIpc) is 2.66. The van der Waals surface area contributed by atoms with Crippen molar-refractivity contribution in [2.24, 2.45) is 16.6 Å². The summed E-state index contributed by atoms with van der Waals surface area (Å²) in [5.74, 6) is 1.31. The van der Waals surface area contributed by atoms with Gasteiger partial charge in [-0.05, 0) is 54.4 Å². The maximum Gasteiger partial charge on any atom is 0.231 e. The van der Waals surface area contributed by atoms with Crippen LogP contribution in [0.2, 0.25) is 0 Å². The molecule has 27 heavy (non-hydrogen) atoms. The number of carbonyl (C=O) groups is 1. The van der Waals surface area contributed by atoms with Crippen molar-refractivity contribution in [3.63, 3.8) is 0 Å². The number of nitriles is 1. The number of hydrogen-bond acceptors (Lipinski definition) is 6. The molecule has 7 heteroatoms. The quantitative estimate of drug-likeness (QED) is 0.780. The first-order valence-corrected chi connectivity index (χ1v) is 10.0. The summed E-state index contributed by atoms with van der Waals surface area (Å²) in [5, 5.41) is 9.27. The summed E-state index contributed by atoms with van der Waals surface area (Å²) in [4.78, 5) is 19.7. The molecule has 0 radical (unpaired) electrons. The number of guanidine groups is 1. The van der Waals surface area contributed by atoms with Gasteiger partial charge in [-0.15, -0.1) is 11.8 Å². The molecule has 1 aromatic carbocycles. The van der Waals surface area contributed by atoms with Gasteiger partial charge in [-0.25, -0.2) is 4.99 Å². The Morgan fingerprint density at radius 2 is 2.19 bits per heavy atom. The Kier molecular flexibility index (Phi) is 5.20. The maximum atomic E-state index is 12.4. The summed E-state index contributed by atoms with van der Waals surface area (Å²) in [7, 11) is 1.66. The van der Waals surface area contributed by atoms with Gasteiger partial charge >= 0.3 is 0 Å². The lowest BCUT2D eigenvalue weighted by Crippen LogP contribution is -2.52. The lowest BCUT2D eigenvalue weighted by atomic mass is 9.77. The Hall–Kier alpha value is -2.46. The number of nitrogen functional groups attached to an aromatic ring is 1. The number of thioether (sulfide) groups is 1. The highest BCUT2D eigenvalue weighted by molar-refractivity contribution is 8.03. The van der Waals surface area contributed by atoms with E-state index in [1.54, 1.807) is 30.9 Å². The Balaban J connectivity index is 2.00. The first kappa shape index (κ1) is 19.3. The van der Waals surface area contributed by atoms with Gasteiger partial charge in [0.25, 0.3) is 0 Å². The number of nitrogens with zero attached hydrogens (tertiary/aromatic N) is 3. The lowest BCUT2D eigenvalue weighted by molar-refractivity contribution is -0.128. The largest absolute Gasteiger partial charge is 0.398 e. The van der Waals surface area contributed by atoms with Crippen molar-refractivity contribution in [1.29, 1.82) is 5.26 Å². The van der Waals surface area contributed by atoms with Crippen LogP contribution in [0.25, 0.3) is 5.57 Å². The van der Waals surface area contributed by atoms with Gasteiger partial charge < -0.3 is 11.5 Å². The molecule has 6 nitrogen and oxygen atoms in total. The second-order valence-corrected chi connectivity index (χ2v) is 8.45. The third-order valence-corrected chi connectivity index (χ3v) is 7.00. The fourth-order valence-corrected chi connectivity index (χ4v) is 5.18. The van der Waals surface area contributed by atoms with E-state index < -0.39 is 5.54 Å². The van der Waals surface area contributed by atoms with Gasteiger partial charge in [0.2, 0.25) is 5.91 Å². The Labute approximate surface area is 164 Å². The molecule has 4 N–H and O–H groups in total. The van der Waals surface area contributed by atoms with Crippen LogP contribution in [0.5, 0.6) is 0 Å². The molecule has 0 saturated heterocycles. The molecule has 2 aliphatic heterocycles. The third-order valence-electron chi connectivity index (χ3n) is 5.55. The zero-order valence-electron chi connectivity index (χ0n) is 16.0. The van der Waals surface area contributed by atoms with E-state index in [-0.39, 0.29) is 17.8 Å². The lowest BCUT2D eigenvalue weighted by Gasteiger charge is -2.41. The predicted octanol–water partition coefficient (Wildman–Crippen LogP) is 2.95. The van der Waals surface area contributed by atoms with Gasteiger partial charge in [0.05, 0.1) is 23.6 Å². The van der Waals surface area contributed by atoms with Crippen LogP contribution in [-0.4, -0.2) is 35.1 Å². The van der Waals surface area contributed by atoms with Gasteiger partial charge in [-0.2, -0.15) is 5.26 Å². The van der Waals surface area contributed by atoms with Gasteiger partial charge in [0.15, 0.2) is 5.96 Å². The van der Waals surface area contributed by atoms with Crippen LogP contribution < -0.4 is 11.5 Å². The highest BCUT2D eigenvalue weighted by Gasteiger charge is 2.43. The topological polar surface area (TPSA) is 108 Å². The Morgan fingerprint density at radius 3 is 2.81 bits per heavy atom. The second-order valence-electron chi connectivity index (χ2n) is 7.34. The summed E-state index contributed by atoms with van der Waals surface area (Å²) >= 11 is 1.80. The molecular formula is C20H25N5OS. The van der Waals surface area contributed by atoms with E-state index in [0.29, 0.717) is 17.7 Å². The van der Waals surface area contributed by atoms with Gasteiger partial charge in [0, 0.05) is 24.1 Å². The molecule has 2 aliphatic rings. The predicted molar refractivity (Wildman–Crippen MR) is 111 cm³/mol. The minimum absolute atomic E-state index is 0.00666. The number of anilines is 1. The SMILES string of the molecule is CCC1=C(c2cc(C#N)ccc2N)CC([C@]2(C)CC(=O)N(C)C(N)=N2)CS1. The summed E-state index contributed by atoms with van der Waals surface area (Å²) in [6.45, 7) is 4.14. The average molecular weight is 384 g/mol. The molecular weight excluding hydrogens is 358 g/mol. The first-order valence-electron chi connectivity index (χ1n) is 9.05. The highest BCUT2D eigenvalue weighted by Crippen LogP contribution is 2.47. The molecule has 0 aromatic heterocycles. The summed E-state index contributed by atoms with van der Waals surface area (Å²) in [6, 6.07) is 7.58. The van der Waals surface area contributed by atoms with Crippen molar-refractivity contribution in [3.8, 4) is 6.07 Å². The molecule has 1 aromatic rings. The number of carbonyl (C=O) groups excluding carboxylic acids is 1. The van der Waals surface area contributed by atoms with E-state index in [1.165, 1.54) is 9.81 Å². The van der Waals surface area contributed by atoms with Crippen LogP contribution in [-0.2, 0) is 4.79 Å². The molecule has 1 unspecified atom stereocenters. The van der Waals surface area contributed by atoms with Crippen molar-refractivity contribution in [3.05, 3.63) is 34.2 Å². The number of rotatable bonds is 3. The number of aliphatic imine (C=N–C) groups is 1. The van der Waals surface area contributed by atoms with E-state index >= 15 is 0 Å². The van der Waals surface area contributed by atoms with Crippen LogP contribution in [0.1, 0.15) is 44.2 Å². The summed E-state index contributed by atoms with van der Waals surface area (Å²) in [5.41, 5.74) is 15.1. The molecule has 0 aliphatic carbocycles. The summed E-state index contributed by atoms with van der Waals surface area (Å²) in [6.07, 6.45) is 2.02. The van der Waals surface area contributed by atoms with E-state index in [1.807, 2.05) is 13.0 Å². The third kappa shape index (κ3) is 3.54. The Morgan fingerprint density at radius 1 is 1.44 bits per heavy atom.